The van der Waals surface area contributed by atoms with Gasteiger partial charge in [0.05, 0.1) is 11.9 Å². The van der Waals surface area contributed by atoms with Crippen molar-refractivity contribution in [2.75, 3.05) is 0 Å². The molecule has 1 aromatic carbocycles. The van der Waals surface area contributed by atoms with Crippen LogP contribution in [-0.4, -0.2) is 26.9 Å². The van der Waals surface area contributed by atoms with Crippen molar-refractivity contribution in [2.45, 2.75) is 13.5 Å². The molecule has 0 unspecified atom stereocenters. The molecule has 1 amide bonds. The van der Waals surface area contributed by atoms with Crippen LogP contribution in [0.4, 0.5) is 0 Å². The highest BCUT2D eigenvalue weighted by Gasteiger charge is 2.07. The van der Waals surface area contributed by atoms with Crippen molar-refractivity contribution in [2.24, 2.45) is 10.9 Å². The number of nitrogens with zero attached hydrogens (tertiary/aromatic N) is 3. The maximum atomic E-state index is 11.9. The number of amidine groups is 1. The molecule has 0 atom stereocenters. The second kappa shape index (κ2) is 6.47. The first-order valence-corrected chi connectivity index (χ1v) is 6.24. The van der Waals surface area contributed by atoms with Gasteiger partial charge < -0.3 is 16.3 Å². The number of benzene rings is 1. The van der Waals surface area contributed by atoms with Gasteiger partial charge in [0.1, 0.15) is 5.69 Å². The maximum Gasteiger partial charge on any atom is 0.271 e. The van der Waals surface area contributed by atoms with Crippen molar-refractivity contribution in [3.63, 3.8) is 0 Å². The van der Waals surface area contributed by atoms with Crippen LogP contribution in [0, 0.1) is 6.92 Å². The van der Waals surface area contributed by atoms with Crippen molar-refractivity contribution in [1.82, 2.24) is 15.3 Å². The van der Waals surface area contributed by atoms with Crippen molar-refractivity contribution >= 4 is 11.7 Å². The molecule has 0 aliphatic heterocycles. The van der Waals surface area contributed by atoms with Gasteiger partial charge in [0.2, 0.25) is 0 Å². The Bertz CT molecular complexity index is 650. The minimum atomic E-state index is -0.289. The van der Waals surface area contributed by atoms with Gasteiger partial charge in [-0.1, -0.05) is 29.4 Å². The molecule has 0 saturated carbocycles. The van der Waals surface area contributed by atoms with Gasteiger partial charge in [-0.2, -0.15) is 0 Å². The number of oxime groups is 1. The number of hydrogen-bond donors (Lipinski definition) is 3. The Hall–Kier alpha value is -2.96. The molecule has 0 fully saturated rings. The summed E-state index contributed by atoms with van der Waals surface area (Å²) in [6.45, 7) is 2.16. The molecular formula is C14H15N5O2. The molecule has 0 aliphatic carbocycles. The lowest BCUT2D eigenvalue weighted by Crippen LogP contribution is -2.24. The molecule has 108 valence electrons. The van der Waals surface area contributed by atoms with Crippen LogP contribution in [0.15, 0.2) is 41.8 Å². The van der Waals surface area contributed by atoms with E-state index in [2.05, 4.69) is 20.4 Å². The lowest BCUT2D eigenvalue weighted by Gasteiger charge is -2.06. The van der Waals surface area contributed by atoms with E-state index in [9.17, 15) is 4.79 Å². The zero-order valence-electron chi connectivity index (χ0n) is 11.4. The van der Waals surface area contributed by atoms with Crippen LogP contribution in [0.2, 0.25) is 0 Å². The highest BCUT2D eigenvalue weighted by molar-refractivity contribution is 5.97. The number of aryl methyl sites for hydroxylation is 1. The fraction of sp³-hybridized carbons (Fsp3) is 0.143. The van der Waals surface area contributed by atoms with Gasteiger partial charge in [-0.3, -0.25) is 9.78 Å². The van der Waals surface area contributed by atoms with E-state index in [-0.39, 0.29) is 17.4 Å². The van der Waals surface area contributed by atoms with Gasteiger partial charge in [0.25, 0.3) is 5.91 Å². The minimum Gasteiger partial charge on any atom is -0.409 e. The third-order valence-corrected chi connectivity index (χ3v) is 2.82. The number of nitrogens with two attached hydrogens (primary N) is 1. The Morgan fingerprint density at radius 2 is 2.00 bits per heavy atom. The lowest BCUT2D eigenvalue weighted by atomic mass is 10.1. The Labute approximate surface area is 121 Å². The van der Waals surface area contributed by atoms with E-state index in [0.717, 1.165) is 11.3 Å². The number of nitrogens with one attached hydrogen (secondary N) is 1. The van der Waals surface area contributed by atoms with E-state index in [0.29, 0.717) is 12.1 Å². The predicted octanol–water partition coefficient (Wildman–Crippen LogP) is 0.810. The minimum absolute atomic E-state index is 0.0421. The van der Waals surface area contributed by atoms with Gasteiger partial charge in [0, 0.05) is 18.3 Å². The van der Waals surface area contributed by atoms with E-state index in [4.69, 9.17) is 10.9 Å². The van der Waals surface area contributed by atoms with Gasteiger partial charge in [-0.15, -0.1) is 0 Å². The van der Waals surface area contributed by atoms with Crippen LogP contribution in [0.5, 0.6) is 0 Å². The Morgan fingerprint density at radius 1 is 1.29 bits per heavy atom. The highest BCUT2D eigenvalue weighted by atomic mass is 16.4. The summed E-state index contributed by atoms with van der Waals surface area (Å²) in [7, 11) is 0. The molecule has 4 N–H and O–H groups in total. The van der Waals surface area contributed by atoms with Gasteiger partial charge in [-0.25, -0.2) is 4.98 Å². The summed E-state index contributed by atoms with van der Waals surface area (Å²) < 4.78 is 0. The summed E-state index contributed by atoms with van der Waals surface area (Å²) in [6.07, 6.45) is 2.98. The fourth-order valence-corrected chi connectivity index (χ4v) is 1.63. The molecular weight excluding hydrogens is 270 g/mol. The average Bonchev–Trinajstić information content (AvgIpc) is 2.53. The van der Waals surface area contributed by atoms with Crippen molar-refractivity contribution in [1.29, 1.82) is 0 Å². The summed E-state index contributed by atoms with van der Waals surface area (Å²) in [5.74, 6) is -0.247. The monoisotopic (exact) mass is 285 g/mol. The summed E-state index contributed by atoms with van der Waals surface area (Å²) >= 11 is 0. The molecule has 0 spiro atoms. The van der Waals surface area contributed by atoms with Crippen molar-refractivity contribution in [3.8, 4) is 0 Å². The first kappa shape index (κ1) is 14.4. The second-order valence-electron chi connectivity index (χ2n) is 4.41. The molecule has 7 heteroatoms. The van der Waals surface area contributed by atoms with Crippen LogP contribution in [0.3, 0.4) is 0 Å². The van der Waals surface area contributed by atoms with Gasteiger partial charge >= 0.3 is 0 Å². The molecule has 2 rings (SSSR count). The zero-order valence-corrected chi connectivity index (χ0v) is 11.4. The van der Waals surface area contributed by atoms with Gasteiger partial charge in [0.15, 0.2) is 5.84 Å². The standard InChI is InChI=1S/C14H15N5O2/c1-9-6-17-12(8-16-9)14(20)18-7-10-2-4-11(5-3-10)13(15)19-21/h2-6,8,21H,7H2,1H3,(H2,15,19)(H,18,20). The number of carbonyl (C=O) groups excluding carboxylic acids is 1. The molecule has 0 saturated heterocycles. The van der Waals surface area contributed by atoms with E-state index in [1.165, 1.54) is 6.20 Å². The van der Waals surface area contributed by atoms with E-state index in [1.807, 2.05) is 0 Å². The highest BCUT2D eigenvalue weighted by Crippen LogP contribution is 2.04. The number of hydrogen-bond acceptors (Lipinski definition) is 5. The molecule has 0 bridgehead atoms. The van der Waals surface area contributed by atoms with E-state index < -0.39 is 0 Å². The topological polar surface area (TPSA) is 113 Å². The largest absolute Gasteiger partial charge is 0.409 e. The summed E-state index contributed by atoms with van der Waals surface area (Å²) in [4.78, 5) is 19.9. The Balaban J connectivity index is 1.96. The first-order valence-electron chi connectivity index (χ1n) is 6.24. The number of rotatable bonds is 4. The fourth-order valence-electron chi connectivity index (χ4n) is 1.63. The third-order valence-electron chi connectivity index (χ3n) is 2.82. The SMILES string of the molecule is Cc1cnc(C(=O)NCc2ccc(C(N)=NO)cc2)cn1. The molecule has 0 radical (unpaired) electrons. The molecule has 21 heavy (non-hydrogen) atoms. The van der Waals surface area contributed by atoms with Crippen molar-refractivity contribution in [3.05, 3.63) is 59.2 Å². The Morgan fingerprint density at radius 3 is 2.57 bits per heavy atom. The van der Waals surface area contributed by atoms with Crippen LogP contribution in [0.1, 0.15) is 27.3 Å². The number of carbonyl (C=O) groups is 1. The third kappa shape index (κ3) is 3.75. The summed E-state index contributed by atoms with van der Waals surface area (Å²) in [5.41, 5.74) is 7.99. The maximum absolute atomic E-state index is 11.9. The van der Waals surface area contributed by atoms with Gasteiger partial charge in [-0.05, 0) is 12.5 Å². The summed E-state index contributed by atoms with van der Waals surface area (Å²) in [5, 5.41) is 14.2. The molecule has 1 heterocycles. The van der Waals surface area contributed by atoms with E-state index >= 15 is 0 Å². The summed E-state index contributed by atoms with van der Waals surface area (Å²) in [6, 6.07) is 6.99. The number of amides is 1. The molecule has 2 aromatic rings. The van der Waals surface area contributed by atoms with Crippen molar-refractivity contribution < 1.29 is 10.0 Å². The van der Waals surface area contributed by atoms with Crippen LogP contribution >= 0.6 is 0 Å². The zero-order chi connectivity index (χ0) is 15.2. The first-order chi connectivity index (χ1) is 10.1. The van der Waals surface area contributed by atoms with Crippen LogP contribution in [-0.2, 0) is 6.54 Å². The Kier molecular flexibility index (Phi) is 4.45. The molecule has 1 aromatic heterocycles. The molecule has 7 nitrogen and oxygen atoms in total. The van der Waals surface area contributed by atoms with E-state index in [1.54, 1.807) is 37.4 Å². The average molecular weight is 285 g/mol. The molecule has 0 aliphatic rings. The predicted molar refractivity (Wildman–Crippen MR) is 76.9 cm³/mol. The lowest BCUT2D eigenvalue weighted by molar-refractivity contribution is 0.0945. The smallest absolute Gasteiger partial charge is 0.271 e. The quantitative estimate of drug-likeness (QED) is 0.333. The number of aromatic nitrogens is 2. The van der Waals surface area contributed by atoms with Crippen LogP contribution in [0.25, 0.3) is 0 Å². The van der Waals surface area contributed by atoms with Crippen LogP contribution < -0.4 is 11.1 Å². The second-order valence-corrected chi connectivity index (χ2v) is 4.41. The normalized spacial score (nSPS) is 11.2.